The summed E-state index contributed by atoms with van der Waals surface area (Å²) in [5, 5.41) is 6.74. The molecule has 1 aromatic heterocycles. The van der Waals surface area contributed by atoms with Crippen molar-refractivity contribution in [2.45, 2.75) is 32.4 Å². The number of pyridine rings is 1. The van der Waals surface area contributed by atoms with Gasteiger partial charge in [-0.1, -0.05) is 12.1 Å². The lowest BCUT2D eigenvalue weighted by Gasteiger charge is -2.20. The molecule has 0 bridgehead atoms. The fourth-order valence-corrected chi connectivity index (χ4v) is 3.46. The number of ether oxygens (including phenoxy) is 2. The van der Waals surface area contributed by atoms with Gasteiger partial charge in [0.15, 0.2) is 17.6 Å². The number of guanidine groups is 1. The number of anilines is 1. The van der Waals surface area contributed by atoms with E-state index in [2.05, 4.69) is 20.6 Å². The number of rotatable bonds is 10. The zero-order valence-electron chi connectivity index (χ0n) is 18.7. The standard InChI is InChI=1S/C23H32FN5O2.HI/c1-3-25-23(27-13-5-15-31-17-18-7-9-20(30-2)10-8-18)28-19-11-14-29(16-19)22-21(24)6-4-12-26-22;/h4,6-10,12,19H,3,5,11,13-17H2,1-2H3,(H2,25,27,28);1H. The van der Waals surface area contributed by atoms with E-state index >= 15 is 0 Å². The molecule has 2 N–H and O–H groups in total. The maximum Gasteiger partial charge on any atom is 0.191 e. The van der Waals surface area contributed by atoms with Crippen LogP contribution in [0, 0.1) is 5.82 Å². The van der Waals surface area contributed by atoms with E-state index in [4.69, 9.17) is 9.47 Å². The fraction of sp³-hybridized carbons (Fsp3) is 0.478. The minimum Gasteiger partial charge on any atom is -0.497 e. The van der Waals surface area contributed by atoms with Crippen molar-refractivity contribution in [1.29, 1.82) is 0 Å². The molecule has 3 rings (SSSR count). The molecule has 2 heterocycles. The summed E-state index contributed by atoms with van der Waals surface area (Å²) in [6.45, 7) is 6.18. The third-order valence-corrected chi connectivity index (χ3v) is 5.06. The van der Waals surface area contributed by atoms with Crippen LogP contribution in [0.25, 0.3) is 0 Å². The van der Waals surface area contributed by atoms with Crippen molar-refractivity contribution >= 4 is 35.8 Å². The average molecular weight is 557 g/mol. The Hall–Kier alpha value is -2.14. The molecule has 32 heavy (non-hydrogen) atoms. The minimum atomic E-state index is -0.279. The molecule has 1 aromatic carbocycles. The summed E-state index contributed by atoms with van der Waals surface area (Å²) in [6.07, 6.45) is 3.37. The predicted octanol–water partition coefficient (Wildman–Crippen LogP) is 3.59. The van der Waals surface area contributed by atoms with Crippen LogP contribution in [-0.2, 0) is 11.3 Å². The Morgan fingerprint density at radius 3 is 2.81 bits per heavy atom. The Kier molecular flexibility index (Phi) is 11.5. The molecule has 2 aromatic rings. The van der Waals surface area contributed by atoms with E-state index in [1.807, 2.05) is 36.1 Å². The van der Waals surface area contributed by atoms with Crippen LogP contribution in [0.4, 0.5) is 10.2 Å². The van der Waals surface area contributed by atoms with Gasteiger partial charge in [-0.05, 0) is 49.6 Å². The molecule has 1 unspecified atom stereocenters. The van der Waals surface area contributed by atoms with Crippen LogP contribution < -0.4 is 20.3 Å². The molecule has 0 amide bonds. The first kappa shape index (κ1) is 26.1. The normalized spacial score (nSPS) is 15.9. The zero-order chi connectivity index (χ0) is 21.9. The molecule has 9 heteroatoms. The van der Waals surface area contributed by atoms with Crippen molar-refractivity contribution in [1.82, 2.24) is 15.6 Å². The van der Waals surface area contributed by atoms with E-state index in [0.29, 0.717) is 32.1 Å². The third kappa shape index (κ3) is 8.09. The lowest BCUT2D eigenvalue weighted by Crippen LogP contribution is -2.44. The summed E-state index contributed by atoms with van der Waals surface area (Å²) in [6, 6.07) is 11.1. The van der Waals surface area contributed by atoms with E-state index in [0.717, 1.165) is 43.2 Å². The van der Waals surface area contributed by atoms with Crippen molar-refractivity contribution < 1.29 is 13.9 Å². The molecule has 0 aliphatic carbocycles. The quantitative estimate of drug-likeness (QED) is 0.202. The summed E-state index contributed by atoms with van der Waals surface area (Å²) >= 11 is 0. The van der Waals surface area contributed by atoms with Crippen molar-refractivity contribution in [2.24, 2.45) is 4.99 Å². The highest BCUT2D eigenvalue weighted by atomic mass is 127. The minimum absolute atomic E-state index is 0. The van der Waals surface area contributed by atoms with Gasteiger partial charge < -0.3 is 25.0 Å². The molecule has 1 fully saturated rings. The number of aliphatic imine (C=N–C) groups is 1. The first-order chi connectivity index (χ1) is 15.2. The van der Waals surface area contributed by atoms with Gasteiger partial charge >= 0.3 is 0 Å². The molecule has 0 saturated carbocycles. The van der Waals surface area contributed by atoms with Gasteiger partial charge in [0.25, 0.3) is 0 Å². The smallest absolute Gasteiger partial charge is 0.191 e. The van der Waals surface area contributed by atoms with Gasteiger partial charge in [0.1, 0.15) is 5.75 Å². The van der Waals surface area contributed by atoms with Gasteiger partial charge in [-0.3, -0.25) is 4.99 Å². The fourth-order valence-electron chi connectivity index (χ4n) is 3.46. The van der Waals surface area contributed by atoms with Crippen molar-refractivity contribution in [3.8, 4) is 5.75 Å². The number of nitrogens with zero attached hydrogens (tertiary/aromatic N) is 3. The number of hydrogen-bond donors (Lipinski definition) is 2. The Bertz CT molecular complexity index is 837. The van der Waals surface area contributed by atoms with Crippen LogP contribution in [0.2, 0.25) is 0 Å². The molecule has 1 aliphatic rings. The second-order valence-corrected chi connectivity index (χ2v) is 7.40. The molecule has 1 saturated heterocycles. The third-order valence-electron chi connectivity index (χ3n) is 5.06. The molecule has 1 aliphatic heterocycles. The highest BCUT2D eigenvalue weighted by Gasteiger charge is 2.25. The number of nitrogens with one attached hydrogen (secondary N) is 2. The van der Waals surface area contributed by atoms with Gasteiger partial charge in [0.2, 0.25) is 0 Å². The first-order valence-electron chi connectivity index (χ1n) is 10.8. The van der Waals surface area contributed by atoms with Crippen LogP contribution in [0.15, 0.2) is 47.6 Å². The summed E-state index contributed by atoms with van der Waals surface area (Å²) in [5.41, 5.74) is 1.12. The monoisotopic (exact) mass is 557 g/mol. The van der Waals surface area contributed by atoms with E-state index in [-0.39, 0.29) is 35.8 Å². The Morgan fingerprint density at radius 2 is 2.09 bits per heavy atom. The summed E-state index contributed by atoms with van der Waals surface area (Å²) in [7, 11) is 1.66. The average Bonchev–Trinajstić information content (AvgIpc) is 3.25. The summed E-state index contributed by atoms with van der Waals surface area (Å²) in [5.74, 6) is 1.77. The summed E-state index contributed by atoms with van der Waals surface area (Å²) in [4.78, 5) is 10.8. The SMILES string of the molecule is CCNC(=NCCCOCc1ccc(OC)cc1)NC1CCN(c2ncccc2F)C1.I. The second-order valence-electron chi connectivity index (χ2n) is 7.40. The van der Waals surface area contributed by atoms with Crippen molar-refractivity contribution in [3.05, 3.63) is 54.0 Å². The van der Waals surface area contributed by atoms with Crippen molar-refractivity contribution in [2.75, 3.05) is 44.8 Å². The van der Waals surface area contributed by atoms with Gasteiger partial charge in [-0.25, -0.2) is 9.37 Å². The largest absolute Gasteiger partial charge is 0.497 e. The highest BCUT2D eigenvalue weighted by Crippen LogP contribution is 2.20. The molecule has 0 spiro atoms. The maximum absolute atomic E-state index is 14.0. The topological polar surface area (TPSA) is 71.0 Å². The maximum atomic E-state index is 14.0. The molecule has 7 nitrogen and oxygen atoms in total. The van der Waals surface area contributed by atoms with Gasteiger partial charge in [0, 0.05) is 45.0 Å². The Balaban J connectivity index is 0.00000363. The van der Waals surface area contributed by atoms with Crippen LogP contribution in [0.1, 0.15) is 25.3 Å². The number of aromatic nitrogens is 1. The second kappa shape index (κ2) is 14.1. The number of benzene rings is 1. The van der Waals surface area contributed by atoms with Gasteiger partial charge in [-0.2, -0.15) is 0 Å². The molecular weight excluding hydrogens is 524 g/mol. The Labute approximate surface area is 206 Å². The van der Waals surface area contributed by atoms with E-state index < -0.39 is 0 Å². The molecule has 1 atom stereocenters. The molecule has 0 radical (unpaired) electrons. The molecule has 176 valence electrons. The zero-order valence-corrected chi connectivity index (χ0v) is 21.1. The molecular formula is C23H33FIN5O2. The van der Waals surface area contributed by atoms with Gasteiger partial charge in [-0.15, -0.1) is 24.0 Å². The van der Waals surface area contributed by atoms with Crippen LogP contribution in [-0.4, -0.2) is 56.9 Å². The lowest BCUT2D eigenvalue weighted by atomic mass is 10.2. The number of hydrogen-bond acceptors (Lipinski definition) is 5. The first-order valence-corrected chi connectivity index (χ1v) is 10.8. The van der Waals surface area contributed by atoms with Crippen LogP contribution in [0.3, 0.4) is 0 Å². The lowest BCUT2D eigenvalue weighted by molar-refractivity contribution is 0.120. The highest BCUT2D eigenvalue weighted by molar-refractivity contribution is 14.0. The van der Waals surface area contributed by atoms with E-state index in [1.54, 1.807) is 19.4 Å². The van der Waals surface area contributed by atoms with E-state index in [1.165, 1.54) is 6.07 Å². The van der Waals surface area contributed by atoms with Gasteiger partial charge in [0.05, 0.1) is 13.7 Å². The summed E-state index contributed by atoms with van der Waals surface area (Å²) < 4.78 is 24.9. The number of methoxy groups -OCH3 is 1. The number of halogens is 2. The van der Waals surface area contributed by atoms with E-state index in [9.17, 15) is 4.39 Å². The predicted molar refractivity (Wildman–Crippen MR) is 137 cm³/mol. The van der Waals surface area contributed by atoms with Crippen LogP contribution in [0.5, 0.6) is 5.75 Å². The Morgan fingerprint density at radius 1 is 1.28 bits per heavy atom. The van der Waals surface area contributed by atoms with Crippen LogP contribution >= 0.6 is 24.0 Å². The van der Waals surface area contributed by atoms with Crippen molar-refractivity contribution in [3.63, 3.8) is 0 Å².